The van der Waals surface area contributed by atoms with Crippen LogP contribution in [0.25, 0.3) is 0 Å². The first-order chi connectivity index (χ1) is 14.9. The molecule has 31 heavy (non-hydrogen) atoms. The normalized spacial score (nSPS) is 11.1. The Balaban J connectivity index is 1.58. The number of carbonyl (C=O) groups is 1. The third kappa shape index (κ3) is 5.72. The fourth-order valence-electron chi connectivity index (χ4n) is 2.63. The van der Waals surface area contributed by atoms with Gasteiger partial charge in [-0.2, -0.15) is 5.26 Å². The first-order valence-corrected chi connectivity index (χ1v) is 9.53. The molecule has 156 valence electrons. The van der Waals surface area contributed by atoms with Gasteiger partial charge < -0.3 is 15.4 Å². The Morgan fingerprint density at radius 2 is 1.71 bits per heavy atom. The molecule has 0 aromatic heterocycles. The molecule has 1 unspecified atom stereocenters. The molecule has 3 aromatic carbocycles. The number of non-ortho nitro benzene ring substituents is 1. The molecular formula is C22H17ClN4O4. The van der Waals surface area contributed by atoms with E-state index in [1.807, 2.05) is 6.07 Å². The summed E-state index contributed by atoms with van der Waals surface area (Å²) in [5.41, 5.74) is 1.38. The maximum atomic E-state index is 12.4. The van der Waals surface area contributed by atoms with Crippen LogP contribution in [-0.2, 0) is 4.79 Å². The van der Waals surface area contributed by atoms with Crippen molar-refractivity contribution in [3.63, 3.8) is 0 Å². The van der Waals surface area contributed by atoms with Gasteiger partial charge >= 0.3 is 0 Å². The highest BCUT2D eigenvalue weighted by atomic mass is 35.5. The summed E-state index contributed by atoms with van der Waals surface area (Å²) in [5, 5.41) is 25.4. The SMILES string of the molecule is CC(Nc1ccc(Oc2ccc(C#N)cc2)cc1)C(=O)Nc1ccc([N+](=O)[O-])cc1Cl. The third-order valence-electron chi connectivity index (χ3n) is 4.27. The number of amides is 1. The number of ether oxygens (including phenoxy) is 1. The van der Waals surface area contributed by atoms with E-state index in [1.165, 1.54) is 18.2 Å². The van der Waals surface area contributed by atoms with Gasteiger partial charge in [-0.3, -0.25) is 14.9 Å². The number of hydrogen-bond donors (Lipinski definition) is 2. The van der Waals surface area contributed by atoms with E-state index in [9.17, 15) is 14.9 Å². The average molecular weight is 437 g/mol. The molecule has 0 radical (unpaired) electrons. The number of nitro benzene ring substituents is 1. The van der Waals surface area contributed by atoms with Gasteiger partial charge in [0.2, 0.25) is 5.91 Å². The predicted molar refractivity (Wildman–Crippen MR) is 117 cm³/mol. The molecule has 3 rings (SSSR count). The number of rotatable bonds is 7. The van der Waals surface area contributed by atoms with E-state index >= 15 is 0 Å². The largest absolute Gasteiger partial charge is 0.457 e. The highest BCUT2D eigenvalue weighted by molar-refractivity contribution is 6.34. The van der Waals surface area contributed by atoms with Gasteiger partial charge in [0.15, 0.2) is 0 Å². The monoisotopic (exact) mass is 436 g/mol. The van der Waals surface area contributed by atoms with Gasteiger partial charge in [-0.25, -0.2) is 0 Å². The Kier molecular flexibility index (Phi) is 6.70. The van der Waals surface area contributed by atoms with Gasteiger partial charge in [0.25, 0.3) is 5.69 Å². The van der Waals surface area contributed by atoms with Crippen molar-refractivity contribution in [3.8, 4) is 17.6 Å². The first kappa shape index (κ1) is 21.6. The van der Waals surface area contributed by atoms with Gasteiger partial charge in [-0.05, 0) is 61.5 Å². The number of nitrogens with one attached hydrogen (secondary N) is 2. The Hall–Kier alpha value is -4.09. The molecule has 0 spiro atoms. The van der Waals surface area contributed by atoms with Crippen LogP contribution < -0.4 is 15.4 Å². The van der Waals surface area contributed by atoms with E-state index in [0.29, 0.717) is 22.7 Å². The van der Waals surface area contributed by atoms with Crippen LogP contribution in [0, 0.1) is 21.4 Å². The van der Waals surface area contributed by atoms with Crippen LogP contribution in [0.5, 0.6) is 11.5 Å². The first-order valence-electron chi connectivity index (χ1n) is 9.15. The van der Waals surface area contributed by atoms with E-state index in [0.717, 1.165) is 0 Å². The maximum absolute atomic E-state index is 12.4. The number of nitro groups is 1. The van der Waals surface area contributed by atoms with Crippen LogP contribution in [0.4, 0.5) is 17.1 Å². The summed E-state index contributed by atoms with van der Waals surface area (Å²) in [6.07, 6.45) is 0. The zero-order valence-corrected chi connectivity index (χ0v) is 17.1. The smallest absolute Gasteiger partial charge is 0.271 e. The summed E-state index contributed by atoms with van der Waals surface area (Å²) >= 11 is 6.01. The Labute approximate surface area is 183 Å². The molecule has 1 atom stereocenters. The number of nitriles is 1. The third-order valence-corrected chi connectivity index (χ3v) is 4.58. The van der Waals surface area contributed by atoms with Crippen molar-refractivity contribution in [3.05, 3.63) is 87.4 Å². The maximum Gasteiger partial charge on any atom is 0.271 e. The minimum absolute atomic E-state index is 0.0825. The number of anilines is 2. The van der Waals surface area contributed by atoms with Gasteiger partial charge in [-0.15, -0.1) is 0 Å². The van der Waals surface area contributed by atoms with Crippen molar-refractivity contribution in [2.24, 2.45) is 0 Å². The number of benzene rings is 3. The average Bonchev–Trinajstić information content (AvgIpc) is 2.76. The van der Waals surface area contributed by atoms with Crippen LogP contribution in [0.2, 0.25) is 5.02 Å². The molecule has 0 saturated carbocycles. The predicted octanol–water partition coefficient (Wildman–Crippen LogP) is 5.35. The standard InChI is InChI=1S/C22H17ClN4O4/c1-14(22(28)26-21-11-6-17(27(29)30)12-20(21)23)25-16-4-9-19(10-5-16)31-18-7-2-15(13-24)3-8-18/h2-12,14,25H,1H3,(H,26,28). The fraction of sp³-hybridized carbons (Fsp3) is 0.0909. The molecule has 0 aliphatic carbocycles. The van der Waals surface area contributed by atoms with Crippen LogP contribution in [-0.4, -0.2) is 16.9 Å². The highest BCUT2D eigenvalue weighted by Crippen LogP contribution is 2.27. The minimum atomic E-state index is -0.600. The highest BCUT2D eigenvalue weighted by Gasteiger charge is 2.16. The molecule has 0 bridgehead atoms. The Morgan fingerprint density at radius 1 is 1.10 bits per heavy atom. The number of hydrogen-bond acceptors (Lipinski definition) is 6. The van der Waals surface area contributed by atoms with E-state index in [2.05, 4.69) is 10.6 Å². The molecule has 0 heterocycles. The van der Waals surface area contributed by atoms with Crippen molar-refractivity contribution < 1.29 is 14.5 Å². The van der Waals surface area contributed by atoms with Crippen LogP contribution in [0.3, 0.4) is 0 Å². The van der Waals surface area contributed by atoms with Crippen LogP contribution >= 0.6 is 11.6 Å². The zero-order chi connectivity index (χ0) is 22.4. The van der Waals surface area contributed by atoms with E-state index < -0.39 is 11.0 Å². The second-order valence-corrected chi connectivity index (χ2v) is 6.95. The van der Waals surface area contributed by atoms with E-state index in [4.69, 9.17) is 21.6 Å². The Morgan fingerprint density at radius 3 is 2.26 bits per heavy atom. The van der Waals surface area contributed by atoms with Crippen molar-refractivity contribution in [1.29, 1.82) is 5.26 Å². The van der Waals surface area contributed by atoms with E-state index in [-0.39, 0.29) is 22.3 Å². The molecule has 9 heteroatoms. The summed E-state index contributed by atoms with van der Waals surface area (Å²) in [5.74, 6) is 0.853. The topological polar surface area (TPSA) is 117 Å². The Bertz CT molecular complexity index is 1140. The lowest BCUT2D eigenvalue weighted by Gasteiger charge is -2.16. The summed E-state index contributed by atoms with van der Waals surface area (Å²) in [7, 11) is 0. The second-order valence-electron chi connectivity index (χ2n) is 6.54. The van der Waals surface area contributed by atoms with Gasteiger partial charge in [0.1, 0.15) is 17.5 Å². The molecule has 0 fully saturated rings. The molecule has 1 amide bonds. The number of halogens is 1. The lowest BCUT2D eigenvalue weighted by Crippen LogP contribution is -2.31. The molecule has 8 nitrogen and oxygen atoms in total. The van der Waals surface area contributed by atoms with Gasteiger partial charge in [-0.1, -0.05) is 11.6 Å². The van der Waals surface area contributed by atoms with Crippen molar-refractivity contribution in [1.82, 2.24) is 0 Å². The summed E-state index contributed by atoms with van der Waals surface area (Å²) in [4.78, 5) is 22.7. The lowest BCUT2D eigenvalue weighted by molar-refractivity contribution is -0.384. The fourth-order valence-corrected chi connectivity index (χ4v) is 2.85. The van der Waals surface area contributed by atoms with Crippen molar-refractivity contribution in [2.45, 2.75) is 13.0 Å². The molecule has 2 N–H and O–H groups in total. The summed E-state index contributed by atoms with van der Waals surface area (Å²) in [6, 6.07) is 19.1. The summed E-state index contributed by atoms with van der Waals surface area (Å²) < 4.78 is 5.72. The minimum Gasteiger partial charge on any atom is -0.457 e. The van der Waals surface area contributed by atoms with Gasteiger partial charge in [0, 0.05) is 17.8 Å². The van der Waals surface area contributed by atoms with Crippen molar-refractivity contribution >= 4 is 34.6 Å². The number of nitrogens with zero attached hydrogens (tertiary/aromatic N) is 2. The molecule has 0 aliphatic heterocycles. The lowest BCUT2D eigenvalue weighted by atomic mass is 10.2. The molecule has 3 aromatic rings. The second kappa shape index (κ2) is 9.61. The zero-order valence-electron chi connectivity index (χ0n) is 16.3. The quantitative estimate of drug-likeness (QED) is 0.380. The molecule has 0 saturated heterocycles. The molecule has 0 aliphatic rings. The van der Waals surface area contributed by atoms with Crippen LogP contribution in [0.15, 0.2) is 66.7 Å². The van der Waals surface area contributed by atoms with Crippen LogP contribution in [0.1, 0.15) is 12.5 Å². The van der Waals surface area contributed by atoms with E-state index in [1.54, 1.807) is 55.5 Å². The molecular weight excluding hydrogens is 420 g/mol. The summed E-state index contributed by atoms with van der Waals surface area (Å²) in [6.45, 7) is 1.68. The van der Waals surface area contributed by atoms with Crippen molar-refractivity contribution in [2.75, 3.05) is 10.6 Å². The number of carbonyl (C=O) groups excluding carboxylic acids is 1. The van der Waals surface area contributed by atoms with Gasteiger partial charge in [0.05, 0.1) is 27.3 Å².